The van der Waals surface area contributed by atoms with E-state index in [1.54, 1.807) is 11.3 Å². The fourth-order valence-corrected chi connectivity index (χ4v) is 4.27. The molecule has 1 aromatic heterocycles. The van der Waals surface area contributed by atoms with E-state index in [4.69, 9.17) is 5.11 Å². The van der Waals surface area contributed by atoms with Crippen LogP contribution in [-0.2, 0) is 17.8 Å². The van der Waals surface area contributed by atoms with Gasteiger partial charge in [0, 0.05) is 38.6 Å². The number of hydrogen-bond acceptors (Lipinski definition) is 4. The SMILES string of the molecule is O=C(Cc1ccc(NCc2ccc(-c3ccccc3Br)s2)cc1)NCCO. The number of benzene rings is 2. The number of rotatable bonds is 8. The van der Waals surface area contributed by atoms with Gasteiger partial charge in [-0.05, 0) is 35.9 Å². The minimum Gasteiger partial charge on any atom is -0.395 e. The van der Waals surface area contributed by atoms with Crippen molar-refractivity contribution in [1.29, 1.82) is 0 Å². The van der Waals surface area contributed by atoms with Crippen molar-refractivity contribution < 1.29 is 9.90 Å². The number of nitrogens with one attached hydrogen (secondary N) is 2. The van der Waals surface area contributed by atoms with Crippen molar-refractivity contribution in [3.05, 3.63) is 75.6 Å². The Labute approximate surface area is 171 Å². The van der Waals surface area contributed by atoms with Gasteiger partial charge in [0.25, 0.3) is 0 Å². The predicted molar refractivity (Wildman–Crippen MR) is 115 cm³/mol. The molecule has 0 saturated carbocycles. The Morgan fingerprint density at radius 1 is 1.04 bits per heavy atom. The van der Waals surface area contributed by atoms with Gasteiger partial charge in [-0.15, -0.1) is 11.3 Å². The highest BCUT2D eigenvalue weighted by atomic mass is 79.9. The first kappa shape index (κ1) is 19.6. The van der Waals surface area contributed by atoms with E-state index in [1.807, 2.05) is 36.4 Å². The van der Waals surface area contributed by atoms with Crippen LogP contribution in [0.2, 0.25) is 0 Å². The molecule has 0 fully saturated rings. The molecule has 4 nitrogen and oxygen atoms in total. The largest absolute Gasteiger partial charge is 0.395 e. The number of hydrogen-bond donors (Lipinski definition) is 3. The van der Waals surface area contributed by atoms with Crippen LogP contribution in [0.4, 0.5) is 5.69 Å². The molecule has 0 bridgehead atoms. The third-order valence-corrected chi connectivity index (χ3v) is 5.83. The second-order valence-corrected chi connectivity index (χ2v) is 8.07. The highest BCUT2D eigenvalue weighted by Gasteiger charge is 2.06. The van der Waals surface area contributed by atoms with Gasteiger partial charge in [0.2, 0.25) is 5.91 Å². The fraction of sp³-hybridized carbons (Fsp3) is 0.190. The van der Waals surface area contributed by atoms with Crippen molar-refractivity contribution in [2.75, 3.05) is 18.5 Å². The summed E-state index contributed by atoms with van der Waals surface area (Å²) in [5.41, 5.74) is 3.17. The van der Waals surface area contributed by atoms with E-state index in [0.29, 0.717) is 13.0 Å². The Morgan fingerprint density at radius 3 is 2.56 bits per heavy atom. The maximum atomic E-state index is 11.7. The summed E-state index contributed by atoms with van der Waals surface area (Å²) in [7, 11) is 0. The topological polar surface area (TPSA) is 61.4 Å². The molecule has 0 spiro atoms. The lowest BCUT2D eigenvalue weighted by Crippen LogP contribution is -2.27. The molecule has 2 aromatic carbocycles. The first-order valence-corrected chi connectivity index (χ1v) is 10.3. The van der Waals surface area contributed by atoms with Gasteiger partial charge in [0.05, 0.1) is 13.0 Å². The predicted octanol–water partition coefficient (Wildman–Crippen LogP) is 4.44. The molecule has 0 unspecified atom stereocenters. The molecular weight excluding hydrogens is 424 g/mol. The quantitative estimate of drug-likeness (QED) is 0.481. The number of carbonyl (C=O) groups excluding carboxylic acids is 1. The third-order valence-electron chi connectivity index (χ3n) is 4.02. The van der Waals surface area contributed by atoms with Gasteiger partial charge in [0.1, 0.15) is 0 Å². The molecule has 3 rings (SSSR count). The van der Waals surface area contributed by atoms with Crippen LogP contribution >= 0.6 is 27.3 Å². The van der Waals surface area contributed by atoms with Gasteiger partial charge in [-0.2, -0.15) is 0 Å². The monoisotopic (exact) mass is 444 g/mol. The standard InChI is InChI=1S/C21H21BrN2O2S/c22-19-4-2-1-3-18(19)20-10-9-17(27-20)14-24-16-7-5-15(6-8-16)13-21(26)23-11-12-25/h1-10,24-25H,11-14H2,(H,23,26). The summed E-state index contributed by atoms with van der Waals surface area (Å²) in [5.74, 6) is -0.0806. The van der Waals surface area contributed by atoms with Crippen LogP contribution in [0.25, 0.3) is 10.4 Å². The van der Waals surface area contributed by atoms with Gasteiger partial charge in [0.15, 0.2) is 0 Å². The van der Waals surface area contributed by atoms with E-state index in [0.717, 1.165) is 22.3 Å². The Hall–Kier alpha value is -2.15. The number of thiophene rings is 1. The lowest BCUT2D eigenvalue weighted by molar-refractivity contribution is -0.120. The van der Waals surface area contributed by atoms with Gasteiger partial charge in [-0.25, -0.2) is 0 Å². The van der Waals surface area contributed by atoms with Gasteiger partial charge in [-0.1, -0.05) is 46.3 Å². The minimum absolute atomic E-state index is 0.0414. The Kier molecular flexibility index (Phi) is 7.04. The second-order valence-electron chi connectivity index (χ2n) is 6.05. The zero-order valence-corrected chi connectivity index (χ0v) is 17.1. The second kappa shape index (κ2) is 9.69. The van der Waals surface area contributed by atoms with E-state index in [9.17, 15) is 4.79 Å². The fourth-order valence-electron chi connectivity index (χ4n) is 2.65. The maximum Gasteiger partial charge on any atom is 0.224 e. The summed E-state index contributed by atoms with van der Waals surface area (Å²) >= 11 is 5.38. The molecular formula is C21H21BrN2O2S. The molecule has 1 amide bonds. The van der Waals surface area contributed by atoms with E-state index in [1.165, 1.54) is 15.3 Å². The van der Waals surface area contributed by atoms with Crippen molar-refractivity contribution in [3.8, 4) is 10.4 Å². The summed E-state index contributed by atoms with van der Waals surface area (Å²) in [6.45, 7) is 1.01. The highest BCUT2D eigenvalue weighted by Crippen LogP contribution is 2.33. The molecule has 140 valence electrons. The zero-order chi connectivity index (χ0) is 19.1. The van der Waals surface area contributed by atoms with Crippen LogP contribution in [0.15, 0.2) is 65.1 Å². The Bertz CT molecular complexity index is 893. The molecule has 3 aromatic rings. The van der Waals surface area contributed by atoms with E-state index in [-0.39, 0.29) is 12.5 Å². The van der Waals surface area contributed by atoms with E-state index >= 15 is 0 Å². The Balaban J connectivity index is 1.55. The van der Waals surface area contributed by atoms with Crippen LogP contribution in [0.3, 0.4) is 0 Å². The number of aliphatic hydroxyl groups is 1. The van der Waals surface area contributed by atoms with Crippen LogP contribution in [-0.4, -0.2) is 24.2 Å². The molecule has 6 heteroatoms. The Morgan fingerprint density at radius 2 is 1.81 bits per heavy atom. The van der Waals surface area contributed by atoms with Gasteiger partial charge >= 0.3 is 0 Å². The summed E-state index contributed by atoms with van der Waals surface area (Å²) in [4.78, 5) is 14.2. The normalized spacial score (nSPS) is 10.6. The van der Waals surface area contributed by atoms with Crippen molar-refractivity contribution in [2.45, 2.75) is 13.0 Å². The van der Waals surface area contributed by atoms with Gasteiger partial charge < -0.3 is 15.7 Å². The minimum atomic E-state index is -0.0806. The first-order chi connectivity index (χ1) is 13.2. The summed E-state index contributed by atoms with van der Waals surface area (Å²) < 4.78 is 1.10. The molecule has 0 aliphatic rings. The van der Waals surface area contributed by atoms with E-state index < -0.39 is 0 Å². The zero-order valence-electron chi connectivity index (χ0n) is 14.7. The van der Waals surface area contributed by atoms with Crippen molar-refractivity contribution >= 4 is 38.9 Å². The van der Waals surface area contributed by atoms with Crippen LogP contribution in [0.1, 0.15) is 10.4 Å². The van der Waals surface area contributed by atoms with Crippen LogP contribution in [0, 0.1) is 0 Å². The first-order valence-electron chi connectivity index (χ1n) is 8.69. The summed E-state index contributed by atoms with van der Waals surface area (Å²) in [5, 5.41) is 14.8. The summed E-state index contributed by atoms with van der Waals surface area (Å²) in [6, 6.07) is 20.4. The molecule has 0 aliphatic heterocycles. The van der Waals surface area contributed by atoms with Crippen molar-refractivity contribution in [1.82, 2.24) is 5.32 Å². The van der Waals surface area contributed by atoms with Crippen LogP contribution < -0.4 is 10.6 Å². The lowest BCUT2D eigenvalue weighted by Gasteiger charge is -2.07. The maximum absolute atomic E-state index is 11.7. The molecule has 3 N–H and O–H groups in total. The van der Waals surface area contributed by atoms with Crippen molar-refractivity contribution in [2.24, 2.45) is 0 Å². The molecule has 27 heavy (non-hydrogen) atoms. The van der Waals surface area contributed by atoms with Gasteiger partial charge in [-0.3, -0.25) is 4.79 Å². The molecule has 0 aliphatic carbocycles. The van der Waals surface area contributed by atoms with E-state index in [2.05, 4.69) is 50.8 Å². The average Bonchev–Trinajstić information content (AvgIpc) is 3.15. The average molecular weight is 445 g/mol. The van der Waals surface area contributed by atoms with Crippen molar-refractivity contribution in [3.63, 3.8) is 0 Å². The third kappa shape index (κ3) is 5.66. The molecule has 1 heterocycles. The number of aliphatic hydroxyl groups excluding tert-OH is 1. The number of carbonyl (C=O) groups is 1. The van der Waals surface area contributed by atoms with Crippen LogP contribution in [0.5, 0.6) is 0 Å². The number of amides is 1. The molecule has 0 radical (unpaired) electrons. The smallest absolute Gasteiger partial charge is 0.224 e. The number of anilines is 1. The molecule has 0 atom stereocenters. The highest BCUT2D eigenvalue weighted by molar-refractivity contribution is 9.10. The number of halogens is 1. The molecule has 0 saturated heterocycles. The lowest BCUT2D eigenvalue weighted by atomic mass is 10.1. The summed E-state index contributed by atoms with van der Waals surface area (Å²) in [6.07, 6.45) is 0.320.